The maximum absolute atomic E-state index is 11.1. The maximum Gasteiger partial charge on any atom is 0.305 e. The molecule has 2 N–H and O–H groups in total. The third-order valence-corrected chi connectivity index (χ3v) is 5.85. The number of rotatable bonds is 24. The van der Waals surface area contributed by atoms with Crippen molar-refractivity contribution in [3.63, 3.8) is 0 Å². The number of esters is 1. The number of carboxylic acids is 2. The van der Waals surface area contributed by atoms with Crippen LogP contribution in [0.25, 0.3) is 0 Å². The minimum absolute atomic E-state index is 0.106. The lowest BCUT2D eigenvalue weighted by molar-refractivity contribution is -0.307. The summed E-state index contributed by atoms with van der Waals surface area (Å²) in [6.45, 7) is 6.03. The molecule has 8 nitrogen and oxygen atoms in total. The van der Waals surface area contributed by atoms with Crippen molar-refractivity contribution < 1.29 is 39.5 Å². The predicted molar refractivity (Wildman–Crippen MR) is 148 cm³/mol. The summed E-state index contributed by atoms with van der Waals surface area (Å²) in [5.41, 5.74) is 0. The molecule has 0 spiro atoms. The standard InChI is InChI=1S/C12H24O4.2C9H18O2/c1-2-3-4-5-6-7-8-12(15)16-10-11(14)9-13;2*1-2-3-4-5-6-7-8-9(10)11/h11,13-14H,2-10H2,1H3;2*2-8H2,1H3,(H,10,11)/p-2. The molecule has 0 aliphatic rings. The van der Waals surface area contributed by atoms with E-state index < -0.39 is 18.0 Å². The van der Waals surface area contributed by atoms with Gasteiger partial charge in [0.15, 0.2) is 0 Å². The highest BCUT2D eigenvalue weighted by molar-refractivity contribution is 5.69. The molecule has 0 heterocycles. The molecular formula is C30H58O8-2. The second-order valence-corrected chi connectivity index (χ2v) is 9.82. The van der Waals surface area contributed by atoms with Crippen LogP contribution in [0.2, 0.25) is 0 Å². The Balaban J connectivity index is -0.000000498. The van der Waals surface area contributed by atoms with Crippen molar-refractivity contribution in [2.75, 3.05) is 13.2 Å². The van der Waals surface area contributed by atoms with Crippen molar-refractivity contribution in [2.45, 2.75) is 162 Å². The molecular weight excluding hydrogens is 488 g/mol. The number of hydrogen-bond acceptors (Lipinski definition) is 8. The van der Waals surface area contributed by atoms with Crippen molar-refractivity contribution >= 4 is 17.9 Å². The zero-order valence-electron chi connectivity index (χ0n) is 24.7. The van der Waals surface area contributed by atoms with Gasteiger partial charge < -0.3 is 34.8 Å². The highest BCUT2D eigenvalue weighted by atomic mass is 16.5. The van der Waals surface area contributed by atoms with Gasteiger partial charge in [-0.2, -0.15) is 0 Å². The summed E-state index contributed by atoms with van der Waals surface area (Å²) in [5, 5.41) is 37.4. The Labute approximate surface area is 232 Å². The van der Waals surface area contributed by atoms with E-state index in [1.807, 2.05) is 0 Å². The summed E-state index contributed by atoms with van der Waals surface area (Å²) in [4.78, 5) is 31.1. The third-order valence-electron chi connectivity index (χ3n) is 5.85. The van der Waals surface area contributed by atoms with Gasteiger partial charge in [0.05, 0.1) is 6.61 Å². The number of carbonyl (C=O) groups is 3. The van der Waals surface area contributed by atoms with Crippen LogP contribution in [0.5, 0.6) is 0 Å². The molecule has 0 amide bonds. The minimum Gasteiger partial charge on any atom is -0.550 e. The lowest BCUT2D eigenvalue weighted by Crippen LogP contribution is -2.21. The highest BCUT2D eigenvalue weighted by Gasteiger charge is 2.07. The van der Waals surface area contributed by atoms with Crippen LogP contribution in [0.3, 0.4) is 0 Å². The average Bonchev–Trinajstić information content (AvgIpc) is 2.89. The normalized spacial score (nSPS) is 11.0. The van der Waals surface area contributed by atoms with Crippen LogP contribution in [-0.2, 0) is 19.1 Å². The van der Waals surface area contributed by atoms with Crippen LogP contribution < -0.4 is 10.2 Å². The summed E-state index contributed by atoms with van der Waals surface area (Å²) in [6.07, 6.45) is 20.2. The van der Waals surface area contributed by atoms with E-state index in [1.165, 1.54) is 77.0 Å². The number of unbranched alkanes of at least 4 members (excludes halogenated alkanes) is 15. The number of carbonyl (C=O) groups excluding carboxylic acids is 3. The Morgan fingerprint density at radius 2 is 0.895 bits per heavy atom. The van der Waals surface area contributed by atoms with Crippen molar-refractivity contribution in [3.8, 4) is 0 Å². The monoisotopic (exact) mass is 546 g/mol. The molecule has 0 rings (SSSR count). The zero-order chi connectivity index (χ0) is 29.3. The van der Waals surface area contributed by atoms with Gasteiger partial charge in [-0.05, 0) is 32.1 Å². The molecule has 0 bridgehead atoms. The van der Waals surface area contributed by atoms with Gasteiger partial charge in [0.1, 0.15) is 12.7 Å². The second-order valence-electron chi connectivity index (χ2n) is 9.82. The van der Waals surface area contributed by atoms with Crippen LogP contribution in [0, 0.1) is 0 Å². The fraction of sp³-hybridized carbons (Fsp3) is 0.900. The largest absolute Gasteiger partial charge is 0.550 e. The predicted octanol–water partition coefficient (Wildman–Crippen LogP) is 4.61. The van der Waals surface area contributed by atoms with Gasteiger partial charge in [0, 0.05) is 18.4 Å². The Morgan fingerprint density at radius 1 is 0.579 bits per heavy atom. The lowest BCUT2D eigenvalue weighted by Gasteiger charge is -2.08. The summed E-state index contributed by atoms with van der Waals surface area (Å²) in [7, 11) is 0. The molecule has 38 heavy (non-hydrogen) atoms. The van der Waals surface area contributed by atoms with Crippen LogP contribution >= 0.6 is 0 Å². The maximum atomic E-state index is 11.1. The van der Waals surface area contributed by atoms with E-state index in [0.717, 1.165) is 38.5 Å². The highest BCUT2D eigenvalue weighted by Crippen LogP contribution is 2.08. The van der Waals surface area contributed by atoms with Crippen LogP contribution in [0.4, 0.5) is 0 Å². The molecule has 0 aromatic rings. The van der Waals surface area contributed by atoms with Gasteiger partial charge in [-0.1, -0.05) is 117 Å². The average molecular weight is 547 g/mol. The van der Waals surface area contributed by atoms with E-state index in [0.29, 0.717) is 6.42 Å². The minimum atomic E-state index is -0.950. The molecule has 8 heteroatoms. The van der Waals surface area contributed by atoms with Gasteiger partial charge in [-0.25, -0.2) is 0 Å². The molecule has 0 saturated heterocycles. The van der Waals surface area contributed by atoms with Gasteiger partial charge in [0.25, 0.3) is 0 Å². The Kier molecular flexibility index (Phi) is 38.0. The zero-order valence-corrected chi connectivity index (χ0v) is 24.7. The van der Waals surface area contributed by atoms with E-state index in [-0.39, 0.29) is 32.0 Å². The van der Waals surface area contributed by atoms with E-state index in [9.17, 15) is 24.6 Å². The number of aliphatic hydroxyl groups excluding tert-OH is 2. The van der Waals surface area contributed by atoms with E-state index in [4.69, 9.17) is 14.9 Å². The smallest absolute Gasteiger partial charge is 0.305 e. The fourth-order valence-corrected chi connectivity index (χ4v) is 3.46. The first-order chi connectivity index (χ1) is 18.2. The molecule has 0 saturated carbocycles. The summed E-state index contributed by atoms with van der Waals surface area (Å²) in [5.74, 6) is -2.12. The van der Waals surface area contributed by atoms with E-state index in [2.05, 4.69) is 20.8 Å². The van der Waals surface area contributed by atoms with E-state index >= 15 is 0 Å². The second kappa shape index (κ2) is 35.3. The third kappa shape index (κ3) is 44.3. The number of aliphatic hydroxyl groups is 2. The summed E-state index contributed by atoms with van der Waals surface area (Å²) < 4.78 is 4.77. The van der Waals surface area contributed by atoms with Crippen molar-refractivity contribution in [3.05, 3.63) is 0 Å². The molecule has 0 fully saturated rings. The van der Waals surface area contributed by atoms with Crippen LogP contribution in [-0.4, -0.2) is 47.4 Å². The first kappa shape index (κ1) is 40.8. The van der Waals surface area contributed by atoms with Gasteiger partial charge in [0.2, 0.25) is 0 Å². The van der Waals surface area contributed by atoms with Crippen molar-refractivity contribution in [2.24, 2.45) is 0 Å². The van der Waals surface area contributed by atoms with Crippen LogP contribution in [0.15, 0.2) is 0 Å². The first-order valence-corrected chi connectivity index (χ1v) is 15.1. The summed E-state index contributed by atoms with van der Waals surface area (Å²) >= 11 is 0. The Morgan fingerprint density at radius 3 is 1.21 bits per heavy atom. The number of aliphatic carboxylic acids is 2. The Bertz CT molecular complexity index is 484. The molecule has 0 aliphatic heterocycles. The Hall–Kier alpha value is -1.67. The molecule has 0 aromatic heterocycles. The van der Waals surface area contributed by atoms with Crippen LogP contribution in [0.1, 0.15) is 156 Å². The topological polar surface area (TPSA) is 147 Å². The molecule has 0 radical (unpaired) electrons. The van der Waals surface area contributed by atoms with Gasteiger partial charge in [-0.3, -0.25) is 4.79 Å². The quantitative estimate of drug-likeness (QED) is 0.132. The van der Waals surface area contributed by atoms with Crippen molar-refractivity contribution in [1.29, 1.82) is 0 Å². The molecule has 0 aromatic carbocycles. The number of hydrogen-bond donors (Lipinski definition) is 2. The first-order valence-electron chi connectivity index (χ1n) is 15.1. The molecule has 1 atom stereocenters. The number of carboxylic acid groups (broad SMARTS) is 2. The SMILES string of the molecule is CCCCCCCCC(=O)OCC(O)CO.CCCCCCCCC(=O)[O-].CCCCCCCCC(=O)[O-]. The molecule has 228 valence electrons. The fourth-order valence-electron chi connectivity index (χ4n) is 3.46. The number of ether oxygens (including phenoxy) is 1. The summed E-state index contributed by atoms with van der Waals surface area (Å²) in [6, 6.07) is 0. The molecule has 1 unspecified atom stereocenters. The molecule has 0 aliphatic carbocycles. The van der Waals surface area contributed by atoms with Gasteiger partial charge in [-0.15, -0.1) is 0 Å². The lowest BCUT2D eigenvalue weighted by atomic mass is 10.1. The van der Waals surface area contributed by atoms with Gasteiger partial charge >= 0.3 is 5.97 Å². The van der Waals surface area contributed by atoms with E-state index in [1.54, 1.807) is 0 Å². The van der Waals surface area contributed by atoms with Crippen molar-refractivity contribution in [1.82, 2.24) is 0 Å².